The highest BCUT2D eigenvalue weighted by Gasteiger charge is 2.10. The van der Waals surface area contributed by atoms with Crippen LogP contribution >= 0.6 is 0 Å². The fraction of sp³-hybridized carbons (Fsp3) is 0.111. The van der Waals surface area contributed by atoms with Crippen LogP contribution in [0.5, 0.6) is 11.5 Å². The molecule has 118 valence electrons. The lowest BCUT2D eigenvalue weighted by molar-refractivity contribution is -0.131. The van der Waals surface area contributed by atoms with Crippen LogP contribution in [0.3, 0.4) is 0 Å². The normalized spacial score (nSPS) is 9.78. The van der Waals surface area contributed by atoms with Crippen LogP contribution < -0.4 is 9.47 Å². The number of carbonyl (C=O) groups excluding carboxylic acids is 2. The van der Waals surface area contributed by atoms with Crippen molar-refractivity contribution in [2.24, 2.45) is 0 Å². The van der Waals surface area contributed by atoms with Crippen molar-refractivity contribution in [3.05, 3.63) is 66.2 Å². The van der Waals surface area contributed by atoms with Crippen LogP contribution in [-0.2, 0) is 16.1 Å². The molecule has 0 N–H and O–H groups in total. The predicted octanol–water partition coefficient (Wildman–Crippen LogP) is 3.97. The Kier molecular flexibility index (Phi) is 5.52. The van der Waals surface area contributed by atoms with E-state index in [1.807, 2.05) is 30.3 Å². The lowest BCUT2D eigenvalue weighted by atomic mass is 10.2. The Morgan fingerprint density at radius 2 is 1.83 bits per heavy atom. The van der Waals surface area contributed by atoms with Crippen molar-refractivity contribution >= 4 is 18.2 Å². The van der Waals surface area contributed by atoms with Crippen LogP contribution in [0.4, 0.5) is 4.79 Å². The molecule has 2 aromatic rings. The molecule has 0 saturated carbocycles. The molecule has 0 atom stereocenters. The first-order valence-electron chi connectivity index (χ1n) is 6.92. The van der Waals surface area contributed by atoms with Crippen molar-refractivity contribution in [3.8, 4) is 11.5 Å². The Morgan fingerprint density at radius 1 is 1.09 bits per heavy atom. The minimum Gasteiger partial charge on any atom is -0.429 e. The molecule has 0 aliphatic heterocycles. The molecule has 0 aliphatic rings. The Labute approximate surface area is 134 Å². The maximum Gasteiger partial charge on any atom is 0.514 e. The molecule has 23 heavy (non-hydrogen) atoms. The summed E-state index contributed by atoms with van der Waals surface area (Å²) in [7, 11) is 0. The van der Waals surface area contributed by atoms with E-state index in [1.54, 1.807) is 0 Å². The highest BCUT2D eigenvalue weighted by atomic mass is 16.7. The van der Waals surface area contributed by atoms with Gasteiger partial charge in [0.25, 0.3) is 0 Å². The zero-order chi connectivity index (χ0) is 16.7. The topological polar surface area (TPSA) is 61.8 Å². The first kappa shape index (κ1) is 16.3. The summed E-state index contributed by atoms with van der Waals surface area (Å²) in [6.07, 6.45) is 0.685. The van der Waals surface area contributed by atoms with Crippen molar-refractivity contribution in [1.29, 1.82) is 0 Å². The number of carbonyl (C=O) groups is 2. The van der Waals surface area contributed by atoms with Gasteiger partial charge in [-0.15, -0.1) is 0 Å². The predicted molar refractivity (Wildman–Crippen MR) is 85.1 cm³/mol. The number of hydrogen-bond donors (Lipinski definition) is 0. The Morgan fingerprint density at radius 3 is 2.48 bits per heavy atom. The first-order valence-corrected chi connectivity index (χ1v) is 6.92. The van der Waals surface area contributed by atoms with E-state index in [-0.39, 0.29) is 12.4 Å². The third kappa shape index (κ3) is 5.00. The van der Waals surface area contributed by atoms with E-state index in [0.717, 1.165) is 5.56 Å². The Hall–Kier alpha value is -3.08. The molecule has 0 saturated heterocycles. The third-order valence-corrected chi connectivity index (χ3v) is 2.86. The lowest BCUT2D eigenvalue weighted by Crippen LogP contribution is -2.10. The van der Waals surface area contributed by atoms with Gasteiger partial charge in [0.05, 0.1) is 0 Å². The fourth-order valence-electron chi connectivity index (χ4n) is 1.84. The van der Waals surface area contributed by atoms with Crippen LogP contribution in [-0.4, -0.2) is 12.1 Å². The van der Waals surface area contributed by atoms with Crippen molar-refractivity contribution in [2.75, 3.05) is 0 Å². The van der Waals surface area contributed by atoms with Gasteiger partial charge in [-0.2, -0.15) is 0 Å². The van der Waals surface area contributed by atoms with E-state index >= 15 is 0 Å². The number of rotatable bonds is 5. The van der Waals surface area contributed by atoms with Gasteiger partial charge in [-0.05, 0) is 23.8 Å². The zero-order valence-corrected chi connectivity index (χ0v) is 12.7. The number of benzene rings is 2. The molecule has 5 nitrogen and oxygen atoms in total. The molecule has 0 spiro atoms. The van der Waals surface area contributed by atoms with Gasteiger partial charge in [0.2, 0.25) is 0 Å². The molecule has 0 radical (unpaired) electrons. The van der Waals surface area contributed by atoms with E-state index in [2.05, 4.69) is 6.58 Å². The molecule has 0 unspecified atom stereocenters. The molecular weight excluding hydrogens is 296 g/mol. The van der Waals surface area contributed by atoms with E-state index in [9.17, 15) is 9.59 Å². The Balaban J connectivity index is 1.98. The molecule has 2 rings (SSSR count). The molecule has 0 amide bonds. The summed E-state index contributed by atoms with van der Waals surface area (Å²) in [6, 6.07) is 13.8. The summed E-state index contributed by atoms with van der Waals surface area (Å²) in [5, 5.41) is 0. The molecule has 0 bridgehead atoms. The largest absolute Gasteiger partial charge is 0.514 e. The second kappa shape index (κ2) is 7.79. The van der Waals surface area contributed by atoms with E-state index < -0.39 is 12.1 Å². The van der Waals surface area contributed by atoms with Crippen molar-refractivity contribution in [1.82, 2.24) is 0 Å². The van der Waals surface area contributed by atoms with Crippen molar-refractivity contribution in [3.63, 3.8) is 0 Å². The van der Waals surface area contributed by atoms with E-state index in [4.69, 9.17) is 14.2 Å². The van der Waals surface area contributed by atoms with Crippen LogP contribution in [0.2, 0.25) is 0 Å². The summed E-state index contributed by atoms with van der Waals surface area (Å²) in [5.74, 6) is 0.176. The van der Waals surface area contributed by atoms with Gasteiger partial charge in [-0.1, -0.05) is 43.0 Å². The Bertz CT molecular complexity index is 707. The van der Waals surface area contributed by atoms with Crippen molar-refractivity contribution < 1.29 is 23.8 Å². The monoisotopic (exact) mass is 312 g/mol. The van der Waals surface area contributed by atoms with Crippen LogP contribution in [0.15, 0.2) is 55.1 Å². The minimum atomic E-state index is -0.816. The van der Waals surface area contributed by atoms with Crippen molar-refractivity contribution in [2.45, 2.75) is 13.5 Å². The summed E-state index contributed by atoms with van der Waals surface area (Å²) in [5.41, 5.74) is 1.40. The van der Waals surface area contributed by atoms with E-state index in [0.29, 0.717) is 11.3 Å². The highest BCUT2D eigenvalue weighted by Crippen LogP contribution is 2.25. The molecule has 2 aromatic carbocycles. The summed E-state index contributed by atoms with van der Waals surface area (Å²) in [6.45, 7) is 5.06. The average molecular weight is 312 g/mol. The minimum absolute atomic E-state index is 0.125. The summed E-state index contributed by atoms with van der Waals surface area (Å²) < 4.78 is 15.1. The quantitative estimate of drug-likeness (QED) is 0.475. The standard InChI is InChI=1S/C18H16O5/c1-3-15-11-16(9-10-17(15)22-13(2)19)23-18(20)21-12-14-7-5-4-6-8-14/h3-11H,1,12H2,2H3. The van der Waals surface area contributed by atoms with Crippen LogP contribution in [0.1, 0.15) is 18.1 Å². The third-order valence-electron chi connectivity index (χ3n) is 2.86. The molecular formula is C18H16O5. The van der Waals surface area contributed by atoms with Crippen LogP contribution in [0.25, 0.3) is 6.08 Å². The smallest absolute Gasteiger partial charge is 0.429 e. The highest BCUT2D eigenvalue weighted by molar-refractivity contribution is 5.72. The lowest BCUT2D eigenvalue weighted by Gasteiger charge is -2.09. The summed E-state index contributed by atoms with van der Waals surface area (Å²) in [4.78, 5) is 22.7. The number of hydrogen-bond acceptors (Lipinski definition) is 5. The van der Waals surface area contributed by atoms with Gasteiger partial charge in [0.1, 0.15) is 18.1 Å². The first-order chi connectivity index (χ1) is 11.1. The summed E-state index contributed by atoms with van der Waals surface area (Å²) >= 11 is 0. The van der Waals surface area contributed by atoms with Gasteiger partial charge in [-0.3, -0.25) is 4.79 Å². The van der Waals surface area contributed by atoms with Gasteiger partial charge >= 0.3 is 12.1 Å². The molecule has 5 heteroatoms. The number of esters is 1. The van der Waals surface area contributed by atoms with Gasteiger partial charge in [0, 0.05) is 12.5 Å². The van der Waals surface area contributed by atoms with Gasteiger partial charge in [0.15, 0.2) is 0 Å². The van der Waals surface area contributed by atoms with Gasteiger partial charge in [-0.25, -0.2) is 4.79 Å². The number of ether oxygens (including phenoxy) is 3. The second-order valence-electron chi connectivity index (χ2n) is 4.62. The maximum absolute atomic E-state index is 11.7. The molecule has 0 aliphatic carbocycles. The average Bonchev–Trinajstić information content (AvgIpc) is 2.55. The fourth-order valence-corrected chi connectivity index (χ4v) is 1.84. The molecule has 0 aromatic heterocycles. The molecule has 0 heterocycles. The molecule has 0 fully saturated rings. The zero-order valence-electron chi connectivity index (χ0n) is 12.7. The van der Waals surface area contributed by atoms with Crippen LogP contribution in [0, 0.1) is 0 Å². The SMILES string of the molecule is C=Cc1cc(OC(=O)OCc2ccccc2)ccc1OC(C)=O. The van der Waals surface area contributed by atoms with Gasteiger partial charge < -0.3 is 14.2 Å². The maximum atomic E-state index is 11.7. The van der Waals surface area contributed by atoms with E-state index in [1.165, 1.54) is 31.2 Å². The second-order valence-corrected chi connectivity index (χ2v) is 4.62.